The van der Waals surface area contributed by atoms with Crippen LogP contribution in [-0.4, -0.2) is 35.0 Å². The van der Waals surface area contributed by atoms with E-state index in [1.54, 1.807) is 0 Å². The van der Waals surface area contributed by atoms with Crippen molar-refractivity contribution < 1.29 is 8.42 Å². The molecule has 0 saturated carbocycles. The molecule has 1 aromatic heterocycles. The summed E-state index contributed by atoms with van der Waals surface area (Å²) in [5, 5.41) is 6.58. The largest absolute Gasteiger partial charge is 0.397 e. The predicted octanol–water partition coefficient (Wildman–Crippen LogP) is 0.861. The number of nitrogens with two attached hydrogens (primary N) is 1. The van der Waals surface area contributed by atoms with E-state index in [1.807, 2.05) is 0 Å². The third-order valence-corrected chi connectivity index (χ3v) is 4.66. The quantitative estimate of drug-likeness (QED) is 0.815. The van der Waals surface area contributed by atoms with E-state index in [9.17, 15) is 8.42 Å². The molecule has 0 radical (unpaired) electrons. The van der Waals surface area contributed by atoms with Crippen molar-refractivity contribution in [1.82, 2.24) is 19.5 Å². The zero-order valence-electron chi connectivity index (χ0n) is 10.0. The molecular formula is C10H12ClN5O2S. The van der Waals surface area contributed by atoms with Crippen LogP contribution in [0.3, 0.4) is 0 Å². The molecule has 102 valence electrons. The van der Waals surface area contributed by atoms with Gasteiger partial charge in [0.25, 0.3) is 0 Å². The first kappa shape index (κ1) is 13.8. The Morgan fingerprint density at radius 1 is 1.47 bits per heavy atom. The Kier molecular flexibility index (Phi) is 3.74. The van der Waals surface area contributed by atoms with Crippen molar-refractivity contribution in [3.63, 3.8) is 0 Å². The molecule has 0 spiro atoms. The van der Waals surface area contributed by atoms with E-state index < -0.39 is 10.0 Å². The first-order valence-corrected chi connectivity index (χ1v) is 7.08. The van der Waals surface area contributed by atoms with Crippen LogP contribution in [-0.2, 0) is 16.6 Å². The van der Waals surface area contributed by atoms with Gasteiger partial charge in [0.15, 0.2) is 0 Å². The van der Waals surface area contributed by atoms with Crippen molar-refractivity contribution in [1.29, 1.82) is 0 Å². The summed E-state index contributed by atoms with van der Waals surface area (Å²) in [5.41, 5.74) is 5.83. The number of rotatable bonds is 4. The maximum Gasteiger partial charge on any atom is 0.243 e. The predicted molar refractivity (Wildman–Crippen MR) is 70.9 cm³/mol. The second-order valence-corrected chi connectivity index (χ2v) is 6.33. The van der Waals surface area contributed by atoms with Crippen LogP contribution in [0.25, 0.3) is 0 Å². The Labute approximate surface area is 115 Å². The number of nitrogen functional groups attached to an aromatic ring is 1. The fourth-order valence-electron chi connectivity index (χ4n) is 1.47. The molecule has 0 amide bonds. The van der Waals surface area contributed by atoms with Crippen LogP contribution >= 0.6 is 11.6 Å². The molecule has 0 aliphatic carbocycles. The van der Waals surface area contributed by atoms with Crippen LogP contribution in [0.1, 0.15) is 5.82 Å². The molecule has 0 atom stereocenters. The van der Waals surface area contributed by atoms with Gasteiger partial charge in [-0.1, -0.05) is 11.6 Å². The number of aromatic amines is 1. The molecule has 1 aromatic carbocycles. The van der Waals surface area contributed by atoms with Crippen LogP contribution in [0.4, 0.5) is 5.69 Å². The molecule has 1 heterocycles. The monoisotopic (exact) mass is 301 g/mol. The van der Waals surface area contributed by atoms with Gasteiger partial charge in [0.2, 0.25) is 10.0 Å². The second-order valence-electron chi connectivity index (χ2n) is 3.88. The summed E-state index contributed by atoms with van der Waals surface area (Å²) < 4.78 is 25.7. The molecular weight excluding hydrogens is 290 g/mol. The van der Waals surface area contributed by atoms with Gasteiger partial charge in [0, 0.05) is 7.05 Å². The van der Waals surface area contributed by atoms with Gasteiger partial charge < -0.3 is 5.73 Å². The SMILES string of the molecule is CN(Cc1ncn[nH]1)S(=O)(=O)c1ccc(Cl)c(N)c1. The third-order valence-electron chi connectivity index (χ3n) is 2.51. The fraction of sp³-hybridized carbons (Fsp3) is 0.200. The van der Waals surface area contributed by atoms with Crippen molar-refractivity contribution in [2.45, 2.75) is 11.4 Å². The molecule has 19 heavy (non-hydrogen) atoms. The van der Waals surface area contributed by atoms with Crippen molar-refractivity contribution in [3.8, 4) is 0 Å². The number of nitrogens with zero attached hydrogens (tertiary/aromatic N) is 3. The number of hydrogen-bond acceptors (Lipinski definition) is 5. The summed E-state index contributed by atoms with van der Waals surface area (Å²) in [6.07, 6.45) is 1.32. The van der Waals surface area contributed by atoms with Crippen LogP contribution in [0, 0.1) is 0 Å². The number of hydrogen-bond donors (Lipinski definition) is 2. The van der Waals surface area contributed by atoms with E-state index >= 15 is 0 Å². The highest BCUT2D eigenvalue weighted by Gasteiger charge is 2.22. The van der Waals surface area contributed by atoms with Crippen LogP contribution in [0.2, 0.25) is 5.02 Å². The maximum absolute atomic E-state index is 12.3. The van der Waals surface area contributed by atoms with Crippen molar-refractivity contribution in [3.05, 3.63) is 35.4 Å². The normalized spacial score (nSPS) is 11.9. The summed E-state index contributed by atoms with van der Waals surface area (Å²) in [6.45, 7) is 0.0882. The van der Waals surface area contributed by atoms with E-state index in [0.29, 0.717) is 10.8 Å². The van der Waals surface area contributed by atoms with Gasteiger partial charge in [-0.2, -0.15) is 9.40 Å². The Hall–Kier alpha value is -1.64. The highest BCUT2D eigenvalue weighted by atomic mass is 35.5. The van der Waals surface area contributed by atoms with Gasteiger partial charge >= 0.3 is 0 Å². The lowest BCUT2D eigenvalue weighted by molar-refractivity contribution is 0.457. The van der Waals surface area contributed by atoms with E-state index in [2.05, 4.69) is 15.2 Å². The second kappa shape index (κ2) is 5.16. The molecule has 0 aliphatic rings. The summed E-state index contributed by atoms with van der Waals surface area (Å²) in [6, 6.07) is 4.19. The summed E-state index contributed by atoms with van der Waals surface area (Å²) >= 11 is 5.77. The Morgan fingerprint density at radius 2 is 2.21 bits per heavy atom. The van der Waals surface area contributed by atoms with Crippen molar-refractivity contribution in [2.24, 2.45) is 0 Å². The number of sulfonamides is 1. The molecule has 2 aromatic rings. The molecule has 0 bridgehead atoms. The molecule has 0 aliphatic heterocycles. The first-order valence-electron chi connectivity index (χ1n) is 5.27. The Bertz CT molecular complexity index is 671. The minimum atomic E-state index is -3.65. The fourth-order valence-corrected chi connectivity index (χ4v) is 2.75. The molecule has 7 nitrogen and oxygen atoms in total. The summed E-state index contributed by atoms with van der Waals surface area (Å²) in [7, 11) is -2.20. The third kappa shape index (κ3) is 2.86. The van der Waals surface area contributed by atoms with E-state index in [4.69, 9.17) is 17.3 Å². The van der Waals surface area contributed by atoms with Gasteiger partial charge in [-0.15, -0.1) is 0 Å². The summed E-state index contributed by atoms with van der Waals surface area (Å²) in [5.74, 6) is 0.452. The van der Waals surface area contributed by atoms with Crippen molar-refractivity contribution in [2.75, 3.05) is 12.8 Å². The molecule has 9 heteroatoms. The van der Waals surface area contributed by atoms with Crippen LogP contribution < -0.4 is 5.73 Å². The van der Waals surface area contributed by atoms with Gasteiger partial charge in [-0.05, 0) is 18.2 Å². The van der Waals surface area contributed by atoms with Crippen molar-refractivity contribution >= 4 is 27.3 Å². The number of H-pyrrole nitrogens is 1. The zero-order valence-corrected chi connectivity index (χ0v) is 11.6. The number of benzene rings is 1. The van der Waals surface area contributed by atoms with E-state index in [0.717, 1.165) is 4.31 Å². The number of halogens is 1. The lowest BCUT2D eigenvalue weighted by Gasteiger charge is -2.16. The number of aromatic nitrogens is 3. The lowest BCUT2D eigenvalue weighted by atomic mass is 10.3. The average molecular weight is 302 g/mol. The molecule has 3 N–H and O–H groups in total. The smallest absolute Gasteiger partial charge is 0.243 e. The number of nitrogens with one attached hydrogen (secondary N) is 1. The number of anilines is 1. The molecule has 0 unspecified atom stereocenters. The van der Waals surface area contributed by atoms with Crippen LogP contribution in [0.5, 0.6) is 0 Å². The maximum atomic E-state index is 12.3. The van der Waals surface area contributed by atoms with E-state index in [1.165, 1.54) is 31.6 Å². The highest BCUT2D eigenvalue weighted by molar-refractivity contribution is 7.89. The van der Waals surface area contributed by atoms with E-state index in [-0.39, 0.29) is 17.1 Å². The Morgan fingerprint density at radius 3 is 2.79 bits per heavy atom. The van der Waals surface area contributed by atoms with Gasteiger partial charge in [-0.3, -0.25) is 5.10 Å². The molecule has 0 saturated heterocycles. The minimum absolute atomic E-state index is 0.0800. The molecule has 0 fully saturated rings. The summed E-state index contributed by atoms with van der Waals surface area (Å²) in [4.78, 5) is 3.96. The van der Waals surface area contributed by atoms with Gasteiger partial charge in [-0.25, -0.2) is 13.4 Å². The first-order chi connectivity index (χ1) is 8.91. The average Bonchev–Trinajstić information content (AvgIpc) is 2.85. The lowest BCUT2D eigenvalue weighted by Crippen LogP contribution is -2.27. The Balaban J connectivity index is 2.28. The zero-order chi connectivity index (χ0) is 14.0. The van der Waals surface area contributed by atoms with Gasteiger partial charge in [0.05, 0.1) is 22.2 Å². The molecule has 2 rings (SSSR count). The standard InChI is InChI=1S/C10H12ClN5O2S/c1-16(5-10-13-6-14-15-10)19(17,18)7-2-3-8(11)9(12)4-7/h2-4,6H,5,12H2,1H3,(H,13,14,15). The minimum Gasteiger partial charge on any atom is -0.397 e. The van der Waals surface area contributed by atoms with Gasteiger partial charge in [0.1, 0.15) is 12.2 Å². The van der Waals surface area contributed by atoms with Crippen LogP contribution in [0.15, 0.2) is 29.4 Å². The topological polar surface area (TPSA) is 105 Å². The highest BCUT2D eigenvalue weighted by Crippen LogP contribution is 2.24.